The number of hydrogen-bond donors (Lipinski definition) is 1. The van der Waals surface area contributed by atoms with Crippen LogP contribution in [-0.4, -0.2) is 35.7 Å². The normalized spacial score (nSPS) is 27.7. The minimum absolute atomic E-state index is 0.0661. The van der Waals surface area contributed by atoms with Crippen LogP contribution in [0.15, 0.2) is 60.2 Å². The van der Waals surface area contributed by atoms with Crippen molar-refractivity contribution in [1.29, 1.82) is 0 Å². The van der Waals surface area contributed by atoms with E-state index in [-0.39, 0.29) is 6.04 Å². The molecule has 2 aromatic rings. The molecule has 0 bridgehead atoms. The molecule has 0 aliphatic heterocycles. The lowest BCUT2D eigenvalue weighted by molar-refractivity contribution is -0.00563. The third-order valence-electron chi connectivity index (χ3n) is 5.80. The highest BCUT2D eigenvalue weighted by Crippen LogP contribution is 2.41. The second-order valence-corrected chi connectivity index (χ2v) is 8.49. The Morgan fingerprint density at radius 2 is 1.85 bits per heavy atom. The summed E-state index contributed by atoms with van der Waals surface area (Å²) in [5.74, 6) is 0.333. The first-order chi connectivity index (χ1) is 12.9. The molecule has 3 heteroatoms. The monoisotopic (exact) mass is 383 g/mol. The second-order valence-electron chi connectivity index (χ2n) is 8.05. The molecule has 1 fully saturated rings. The van der Waals surface area contributed by atoms with Crippen LogP contribution in [0.25, 0.3) is 6.08 Å². The van der Waals surface area contributed by atoms with Gasteiger partial charge in [-0.2, -0.15) is 0 Å². The first kappa shape index (κ1) is 20.1. The highest BCUT2D eigenvalue weighted by Gasteiger charge is 2.44. The molecule has 3 atom stereocenters. The van der Waals surface area contributed by atoms with Gasteiger partial charge in [0.1, 0.15) is 5.60 Å². The van der Waals surface area contributed by atoms with Crippen molar-refractivity contribution in [3.63, 3.8) is 0 Å². The standard InChI is InChI=1S/C24H30ClNO/c1-18-9-7-14-23(26(2)3)24(27,17-20-12-8-13-21(25)15-20)22(18)16-19-10-5-4-6-11-19/h4-6,8,10-13,15-16,18,23,27H,7,9,14,17H2,1-3H3. The Kier molecular flexibility index (Phi) is 6.41. The Balaban J connectivity index is 2.10. The number of hydrogen-bond acceptors (Lipinski definition) is 2. The minimum Gasteiger partial charge on any atom is -0.383 e. The molecule has 0 amide bonds. The summed E-state index contributed by atoms with van der Waals surface area (Å²) >= 11 is 6.23. The molecular weight excluding hydrogens is 354 g/mol. The van der Waals surface area contributed by atoms with E-state index in [2.05, 4.69) is 50.2 Å². The van der Waals surface area contributed by atoms with Gasteiger partial charge in [-0.05, 0) is 61.7 Å². The van der Waals surface area contributed by atoms with Gasteiger partial charge in [0.25, 0.3) is 0 Å². The fourth-order valence-electron chi connectivity index (χ4n) is 4.49. The molecule has 0 spiro atoms. The number of benzene rings is 2. The molecule has 0 saturated heterocycles. The molecule has 1 aliphatic rings. The number of likely N-dealkylation sites (N-methyl/N-ethyl adjacent to an activating group) is 1. The van der Waals surface area contributed by atoms with Crippen LogP contribution in [0.5, 0.6) is 0 Å². The Hall–Kier alpha value is -1.61. The van der Waals surface area contributed by atoms with E-state index in [1.54, 1.807) is 0 Å². The summed E-state index contributed by atoms with van der Waals surface area (Å²) in [6, 6.07) is 18.3. The maximum Gasteiger partial charge on any atom is 0.106 e. The SMILES string of the molecule is CC1CCCC(N(C)C)C(O)(Cc2cccc(Cl)c2)C1=Cc1ccccc1. The molecule has 2 nitrogen and oxygen atoms in total. The Morgan fingerprint density at radius 1 is 1.11 bits per heavy atom. The summed E-state index contributed by atoms with van der Waals surface area (Å²) in [6.07, 6.45) is 5.98. The fraction of sp³-hybridized carbons (Fsp3) is 0.417. The predicted octanol–water partition coefficient (Wildman–Crippen LogP) is 5.45. The number of nitrogens with zero attached hydrogens (tertiary/aromatic N) is 1. The molecular formula is C24H30ClNO. The highest BCUT2D eigenvalue weighted by atomic mass is 35.5. The van der Waals surface area contributed by atoms with Crippen LogP contribution < -0.4 is 0 Å². The van der Waals surface area contributed by atoms with Gasteiger partial charge in [0, 0.05) is 17.5 Å². The third-order valence-corrected chi connectivity index (χ3v) is 6.04. The first-order valence-corrected chi connectivity index (χ1v) is 10.2. The van der Waals surface area contributed by atoms with Gasteiger partial charge < -0.3 is 10.0 Å². The Morgan fingerprint density at radius 3 is 2.52 bits per heavy atom. The molecule has 144 valence electrons. The molecule has 3 rings (SSSR count). The summed E-state index contributed by atoms with van der Waals surface area (Å²) in [5, 5.41) is 12.9. The Labute approximate surface area is 168 Å². The smallest absolute Gasteiger partial charge is 0.106 e. The zero-order chi connectivity index (χ0) is 19.4. The van der Waals surface area contributed by atoms with Crippen LogP contribution in [0, 0.1) is 5.92 Å². The zero-order valence-electron chi connectivity index (χ0n) is 16.5. The van der Waals surface area contributed by atoms with E-state index in [4.69, 9.17) is 11.6 Å². The van der Waals surface area contributed by atoms with Gasteiger partial charge >= 0.3 is 0 Å². The molecule has 27 heavy (non-hydrogen) atoms. The van der Waals surface area contributed by atoms with Crippen LogP contribution in [-0.2, 0) is 6.42 Å². The fourth-order valence-corrected chi connectivity index (χ4v) is 4.70. The number of rotatable bonds is 4. The van der Waals surface area contributed by atoms with E-state index >= 15 is 0 Å². The van der Waals surface area contributed by atoms with E-state index in [0.717, 1.165) is 36.0 Å². The van der Waals surface area contributed by atoms with E-state index < -0.39 is 5.60 Å². The van der Waals surface area contributed by atoms with Crippen molar-refractivity contribution in [2.24, 2.45) is 5.92 Å². The molecule has 1 saturated carbocycles. The molecule has 0 radical (unpaired) electrons. The van der Waals surface area contributed by atoms with Crippen molar-refractivity contribution >= 4 is 17.7 Å². The van der Waals surface area contributed by atoms with Gasteiger partial charge in [0.15, 0.2) is 0 Å². The van der Waals surface area contributed by atoms with Gasteiger partial charge in [-0.3, -0.25) is 0 Å². The molecule has 1 aliphatic carbocycles. The molecule has 3 unspecified atom stereocenters. The molecule has 2 aromatic carbocycles. The summed E-state index contributed by atoms with van der Waals surface area (Å²) in [7, 11) is 4.15. The van der Waals surface area contributed by atoms with E-state index in [1.807, 2.05) is 36.4 Å². The Bertz CT molecular complexity index is 786. The van der Waals surface area contributed by atoms with Crippen molar-refractivity contribution in [1.82, 2.24) is 4.90 Å². The van der Waals surface area contributed by atoms with E-state index in [1.165, 1.54) is 0 Å². The molecule has 1 N–H and O–H groups in total. The number of aliphatic hydroxyl groups is 1. The van der Waals surface area contributed by atoms with Gasteiger partial charge in [-0.1, -0.05) is 73.5 Å². The van der Waals surface area contributed by atoms with Crippen LogP contribution in [0.1, 0.15) is 37.3 Å². The van der Waals surface area contributed by atoms with Gasteiger partial charge in [-0.15, -0.1) is 0 Å². The maximum atomic E-state index is 12.2. The van der Waals surface area contributed by atoms with E-state index in [0.29, 0.717) is 17.4 Å². The average Bonchev–Trinajstić information content (AvgIpc) is 2.74. The van der Waals surface area contributed by atoms with Gasteiger partial charge in [-0.25, -0.2) is 0 Å². The molecule has 0 aromatic heterocycles. The third kappa shape index (κ3) is 4.63. The highest BCUT2D eigenvalue weighted by molar-refractivity contribution is 6.30. The van der Waals surface area contributed by atoms with Crippen LogP contribution in [0.3, 0.4) is 0 Å². The summed E-state index contributed by atoms with van der Waals surface area (Å²) in [5.41, 5.74) is 2.41. The minimum atomic E-state index is -0.931. The van der Waals surface area contributed by atoms with Gasteiger partial charge in [0.2, 0.25) is 0 Å². The lowest BCUT2D eigenvalue weighted by atomic mass is 9.75. The lowest BCUT2D eigenvalue weighted by Crippen LogP contribution is -2.53. The number of halogens is 1. The summed E-state index contributed by atoms with van der Waals surface area (Å²) in [6.45, 7) is 2.25. The zero-order valence-corrected chi connectivity index (χ0v) is 17.3. The average molecular weight is 384 g/mol. The second kappa shape index (κ2) is 8.60. The summed E-state index contributed by atoms with van der Waals surface area (Å²) < 4.78 is 0. The van der Waals surface area contributed by atoms with Crippen LogP contribution >= 0.6 is 11.6 Å². The van der Waals surface area contributed by atoms with Crippen molar-refractivity contribution in [3.8, 4) is 0 Å². The van der Waals surface area contributed by atoms with Crippen molar-refractivity contribution < 1.29 is 5.11 Å². The van der Waals surface area contributed by atoms with Crippen LogP contribution in [0.4, 0.5) is 0 Å². The van der Waals surface area contributed by atoms with E-state index in [9.17, 15) is 5.11 Å². The summed E-state index contributed by atoms with van der Waals surface area (Å²) in [4.78, 5) is 2.18. The van der Waals surface area contributed by atoms with Gasteiger partial charge in [0.05, 0.1) is 0 Å². The molecule has 0 heterocycles. The van der Waals surface area contributed by atoms with Crippen molar-refractivity contribution in [2.75, 3.05) is 14.1 Å². The quantitative estimate of drug-likeness (QED) is 0.710. The predicted molar refractivity (Wildman–Crippen MR) is 115 cm³/mol. The largest absolute Gasteiger partial charge is 0.383 e. The van der Waals surface area contributed by atoms with Crippen LogP contribution in [0.2, 0.25) is 5.02 Å². The lowest BCUT2D eigenvalue weighted by Gasteiger charge is -2.42. The van der Waals surface area contributed by atoms with Crippen molar-refractivity contribution in [3.05, 3.63) is 76.3 Å². The van der Waals surface area contributed by atoms with Crippen molar-refractivity contribution in [2.45, 2.75) is 44.2 Å². The topological polar surface area (TPSA) is 23.5 Å². The maximum absolute atomic E-state index is 12.2. The first-order valence-electron chi connectivity index (χ1n) is 9.80.